The lowest BCUT2D eigenvalue weighted by atomic mass is 9.84. The first kappa shape index (κ1) is 17.6. The van der Waals surface area contributed by atoms with Crippen LogP contribution in [0.1, 0.15) is 23.1 Å². The average molecular weight is 425 g/mol. The number of halogens is 2. The summed E-state index contributed by atoms with van der Waals surface area (Å²) >= 11 is 12.6. The Morgan fingerprint density at radius 3 is 2.24 bits per heavy atom. The van der Waals surface area contributed by atoms with Gasteiger partial charge in [0.25, 0.3) is 0 Å². The second-order valence-electron chi connectivity index (χ2n) is 7.72. The number of anilines is 2. The molecule has 6 rings (SSSR count). The molecule has 146 valence electrons. The van der Waals surface area contributed by atoms with Crippen molar-refractivity contribution in [2.24, 2.45) is 0 Å². The molecule has 2 saturated heterocycles. The van der Waals surface area contributed by atoms with Gasteiger partial charge in [-0.3, -0.25) is 9.68 Å². The molecule has 1 aliphatic carbocycles. The average Bonchev–Trinajstić information content (AvgIpc) is 3.36. The Kier molecular flexibility index (Phi) is 3.87. The summed E-state index contributed by atoms with van der Waals surface area (Å²) < 4.78 is 0. The van der Waals surface area contributed by atoms with Crippen molar-refractivity contribution in [1.82, 2.24) is 0 Å². The molecule has 0 aromatic heterocycles. The monoisotopic (exact) mass is 424 g/mol. The Bertz CT molecular complexity index is 1110. The molecule has 3 aliphatic rings. The number of hydrogen-bond donors (Lipinski definition) is 0. The van der Waals surface area contributed by atoms with Crippen molar-refractivity contribution in [2.75, 3.05) is 23.3 Å². The summed E-state index contributed by atoms with van der Waals surface area (Å²) in [6, 6.07) is 24.2. The van der Waals surface area contributed by atoms with Gasteiger partial charge < -0.3 is 0 Å². The second kappa shape index (κ2) is 6.38. The van der Waals surface area contributed by atoms with Crippen molar-refractivity contribution < 1.29 is 9.68 Å². The highest BCUT2D eigenvalue weighted by Crippen LogP contribution is 2.61. The third kappa shape index (κ3) is 2.41. The lowest BCUT2D eigenvalue weighted by Gasteiger charge is -2.37. The van der Waals surface area contributed by atoms with E-state index in [1.807, 2.05) is 58.7 Å². The maximum Gasteiger partial charge on any atom is 0.129 e. The molecule has 1 spiro atoms. The summed E-state index contributed by atoms with van der Waals surface area (Å²) in [7, 11) is 0. The third-order valence-electron chi connectivity index (χ3n) is 6.27. The van der Waals surface area contributed by atoms with Gasteiger partial charge in [-0.15, -0.1) is 0 Å². The van der Waals surface area contributed by atoms with Crippen molar-refractivity contribution in [1.29, 1.82) is 0 Å². The van der Waals surface area contributed by atoms with Crippen LogP contribution in [0.3, 0.4) is 0 Å². The molecule has 4 nitrogen and oxygen atoms in total. The summed E-state index contributed by atoms with van der Waals surface area (Å²) in [4.78, 5) is 12.6. The lowest BCUT2D eigenvalue weighted by molar-refractivity contribution is 0.117. The normalized spacial score (nSPS) is 27.1. The molecular formula is C23H18Cl2N2O2. The van der Waals surface area contributed by atoms with Crippen LogP contribution in [0.25, 0.3) is 0 Å². The summed E-state index contributed by atoms with van der Waals surface area (Å²) in [6.07, 6.45) is 0. The quantitative estimate of drug-likeness (QED) is 0.520. The van der Waals surface area contributed by atoms with E-state index >= 15 is 0 Å². The van der Waals surface area contributed by atoms with Gasteiger partial charge in [-0.25, -0.2) is 10.1 Å². The van der Waals surface area contributed by atoms with E-state index in [1.165, 1.54) is 11.1 Å². The Morgan fingerprint density at radius 2 is 1.48 bits per heavy atom. The van der Waals surface area contributed by atoms with Crippen molar-refractivity contribution in [3.63, 3.8) is 0 Å². The van der Waals surface area contributed by atoms with Crippen LogP contribution in [-0.4, -0.2) is 18.8 Å². The highest BCUT2D eigenvalue weighted by molar-refractivity contribution is 6.31. The van der Waals surface area contributed by atoms with E-state index in [0.717, 1.165) is 11.4 Å². The van der Waals surface area contributed by atoms with Gasteiger partial charge in [-0.05, 0) is 47.5 Å². The van der Waals surface area contributed by atoms with E-state index in [-0.39, 0.29) is 17.5 Å². The van der Waals surface area contributed by atoms with Crippen LogP contribution in [0.5, 0.6) is 0 Å². The third-order valence-corrected chi connectivity index (χ3v) is 6.74. The summed E-state index contributed by atoms with van der Waals surface area (Å²) in [6.45, 7) is 1.11. The van der Waals surface area contributed by atoms with Gasteiger partial charge in [0.05, 0.1) is 18.0 Å². The maximum atomic E-state index is 6.32. The molecular weight excluding hydrogens is 407 g/mol. The van der Waals surface area contributed by atoms with E-state index in [4.69, 9.17) is 32.9 Å². The molecule has 0 N–H and O–H groups in total. The Morgan fingerprint density at radius 1 is 0.793 bits per heavy atom. The van der Waals surface area contributed by atoms with Crippen LogP contribution in [0, 0.1) is 0 Å². The predicted molar refractivity (Wildman–Crippen MR) is 114 cm³/mol. The number of fused-ring (bicyclic) bond motifs is 3. The van der Waals surface area contributed by atoms with Gasteiger partial charge in [0.2, 0.25) is 0 Å². The van der Waals surface area contributed by atoms with Crippen LogP contribution in [-0.2, 0) is 9.68 Å². The number of rotatable bonds is 2. The largest absolute Gasteiger partial charge is 0.272 e. The minimum absolute atomic E-state index is 0.0244. The highest BCUT2D eigenvalue weighted by atomic mass is 35.5. The maximum absolute atomic E-state index is 6.32. The van der Waals surface area contributed by atoms with Crippen molar-refractivity contribution in [3.8, 4) is 0 Å². The fraction of sp³-hybridized carbons (Fsp3) is 0.217. The molecule has 3 atom stereocenters. The number of hydroxylamine groups is 2. The molecule has 3 unspecified atom stereocenters. The van der Waals surface area contributed by atoms with E-state index < -0.39 is 0 Å². The van der Waals surface area contributed by atoms with Crippen molar-refractivity contribution in [2.45, 2.75) is 17.5 Å². The minimum Gasteiger partial charge on any atom is -0.272 e. The van der Waals surface area contributed by atoms with Crippen molar-refractivity contribution >= 4 is 34.6 Å². The number of benzene rings is 3. The van der Waals surface area contributed by atoms with Gasteiger partial charge in [-0.2, -0.15) is 0 Å². The molecule has 2 heterocycles. The molecule has 2 fully saturated rings. The van der Waals surface area contributed by atoms with E-state index in [1.54, 1.807) is 0 Å². The minimum atomic E-state index is -0.378. The van der Waals surface area contributed by atoms with E-state index in [2.05, 4.69) is 24.3 Å². The van der Waals surface area contributed by atoms with Crippen LogP contribution >= 0.6 is 23.2 Å². The Hall–Kier alpha value is -2.24. The van der Waals surface area contributed by atoms with E-state index in [9.17, 15) is 0 Å². The number of nitrogens with zero attached hydrogens (tertiary/aromatic N) is 2. The summed E-state index contributed by atoms with van der Waals surface area (Å²) in [5.74, 6) is 0.201. The zero-order valence-electron chi connectivity index (χ0n) is 15.5. The molecule has 6 heteroatoms. The van der Waals surface area contributed by atoms with Crippen molar-refractivity contribution in [3.05, 3.63) is 94.0 Å². The smallest absolute Gasteiger partial charge is 0.129 e. The molecule has 0 bridgehead atoms. The topological polar surface area (TPSA) is 24.9 Å². The van der Waals surface area contributed by atoms with Crippen LogP contribution in [0.2, 0.25) is 10.0 Å². The molecule has 0 amide bonds. The number of hydrogen-bond acceptors (Lipinski definition) is 4. The SMILES string of the molecule is Clc1cccc(N2OCC34C(CON3c3cccc(Cl)c3)c3ccccc3C24)c1. The zero-order valence-corrected chi connectivity index (χ0v) is 17.0. The van der Waals surface area contributed by atoms with E-state index in [0.29, 0.717) is 23.3 Å². The van der Waals surface area contributed by atoms with Gasteiger partial charge >= 0.3 is 0 Å². The van der Waals surface area contributed by atoms with Crippen LogP contribution < -0.4 is 10.1 Å². The fourth-order valence-corrected chi connectivity index (χ4v) is 5.50. The predicted octanol–water partition coefficient (Wildman–Crippen LogP) is 5.77. The zero-order chi connectivity index (χ0) is 19.6. The highest BCUT2D eigenvalue weighted by Gasteiger charge is 2.67. The Balaban J connectivity index is 1.53. The van der Waals surface area contributed by atoms with Crippen LogP contribution in [0.15, 0.2) is 72.8 Å². The Labute approximate surface area is 179 Å². The lowest BCUT2D eigenvalue weighted by Crippen LogP contribution is -2.50. The molecule has 0 radical (unpaired) electrons. The summed E-state index contributed by atoms with van der Waals surface area (Å²) in [5, 5.41) is 5.39. The summed E-state index contributed by atoms with van der Waals surface area (Å²) in [5.41, 5.74) is 4.08. The van der Waals surface area contributed by atoms with Gasteiger partial charge in [0, 0.05) is 16.0 Å². The van der Waals surface area contributed by atoms with Gasteiger partial charge in [0.1, 0.15) is 18.2 Å². The molecule has 29 heavy (non-hydrogen) atoms. The molecule has 0 saturated carbocycles. The first-order chi connectivity index (χ1) is 14.2. The first-order valence-corrected chi connectivity index (χ1v) is 10.4. The standard InChI is InChI=1S/C23H18Cl2N2O2/c24-15-5-3-7-17(11-15)26-22-20-10-2-1-9-19(20)21-13-28-27(23(21,22)14-29-26)18-8-4-6-16(25)12-18/h1-12,21-22H,13-14H2. The van der Waals surface area contributed by atoms with Crippen LogP contribution in [0.4, 0.5) is 11.4 Å². The molecule has 3 aromatic rings. The van der Waals surface area contributed by atoms with Gasteiger partial charge in [-0.1, -0.05) is 59.6 Å². The first-order valence-electron chi connectivity index (χ1n) is 9.64. The fourth-order valence-electron chi connectivity index (χ4n) is 5.13. The second-order valence-corrected chi connectivity index (χ2v) is 8.60. The molecule has 2 aliphatic heterocycles. The van der Waals surface area contributed by atoms with Gasteiger partial charge in [0.15, 0.2) is 0 Å². The molecule has 3 aromatic carbocycles.